The van der Waals surface area contributed by atoms with Crippen LogP contribution in [-0.2, 0) is 27.3 Å². The van der Waals surface area contributed by atoms with Gasteiger partial charge in [-0.3, -0.25) is 9.59 Å². The predicted octanol–water partition coefficient (Wildman–Crippen LogP) is 2.78. The molecule has 3 rings (SSSR count). The van der Waals surface area contributed by atoms with Gasteiger partial charge in [0.05, 0.1) is 24.9 Å². The zero-order valence-electron chi connectivity index (χ0n) is 13.7. The first-order chi connectivity index (χ1) is 11.7. The van der Waals surface area contributed by atoms with E-state index in [0.29, 0.717) is 6.61 Å². The molecule has 126 valence electrons. The average Bonchev–Trinajstić information content (AvgIpc) is 3.16. The van der Waals surface area contributed by atoms with Gasteiger partial charge in [-0.1, -0.05) is 12.1 Å². The van der Waals surface area contributed by atoms with Gasteiger partial charge in [0.1, 0.15) is 5.82 Å². The van der Waals surface area contributed by atoms with Crippen molar-refractivity contribution >= 4 is 17.6 Å². The number of esters is 1. The van der Waals surface area contributed by atoms with E-state index in [0.717, 1.165) is 42.2 Å². The van der Waals surface area contributed by atoms with Crippen LogP contribution in [0.1, 0.15) is 32.0 Å². The van der Waals surface area contributed by atoms with E-state index in [2.05, 4.69) is 14.9 Å². The van der Waals surface area contributed by atoms with Crippen molar-refractivity contribution in [3.8, 4) is 11.3 Å². The van der Waals surface area contributed by atoms with E-state index in [9.17, 15) is 9.59 Å². The number of rotatable bonds is 6. The summed E-state index contributed by atoms with van der Waals surface area (Å²) in [7, 11) is 0. The third-order valence-electron chi connectivity index (χ3n) is 4.02. The Hall–Kier alpha value is -2.63. The number of fused-ring (bicyclic) bond motifs is 1. The van der Waals surface area contributed by atoms with E-state index in [-0.39, 0.29) is 24.7 Å². The van der Waals surface area contributed by atoms with Crippen LogP contribution in [0.3, 0.4) is 0 Å². The number of ether oxygens (including phenoxy) is 1. The molecule has 1 N–H and O–H groups in total. The van der Waals surface area contributed by atoms with Crippen molar-refractivity contribution in [2.75, 3.05) is 11.9 Å². The molecule has 1 aromatic carbocycles. The quantitative estimate of drug-likeness (QED) is 0.828. The Balaban J connectivity index is 1.65. The molecule has 0 fully saturated rings. The number of nitrogens with one attached hydrogen (secondary N) is 1. The van der Waals surface area contributed by atoms with E-state index >= 15 is 0 Å². The second kappa shape index (κ2) is 7.29. The summed E-state index contributed by atoms with van der Waals surface area (Å²) in [5.74, 6) is 0.573. The molecule has 0 radical (unpaired) electrons. The lowest BCUT2D eigenvalue weighted by atomic mass is 10.1. The van der Waals surface area contributed by atoms with Crippen LogP contribution in [0.4, 0.5) is 5.69 Å². The highest BCUT2D eigenvalue weighted by atomic mass is 16.5. The van der Waals surface area contributed by atoms with Crippen molar-refractivity contribution in [1.82, 2.24) is 9.55 Å². The summed E-state index contributed by atoms with van der Waals surface area (Å²) in [6.07, 6.45) is 4.24. The number of carbonyl (C=O) groups excluding carboxylic acids is 2. The van der Waals surface area contributed by atoms with Gasteiger partial charge < -0.3 is 14.6 Å². The first kappa shape index (κ1) is 16.2. The van der Waals surface area contributed by atoms with Gasteiger partial charge in [-0.25, -0.2) is 4.98 Å². The Morgan fingerprint density at radius 3 is 3.04 bits per heavy atom. The number of nitrogens with zero attached hydrogens (tertiary/aromatic N) is 2. The number of hydrogen-bond donors (Lipinski definition) is 1. The minimum absolute atomic E-state index is 0.0928. The molecular formula is C18H21N3O3. The van der Waals surface area contributed by atoms with Crippen LogP contribution in [0.5, 0.6) is 0 Å². The second-order valence-corrected chi connectivity index (χ2v) is 5.75. The summed E-state index contributed by atoms with van der Waals surface area (Å²) in [5, 5.41) is 2.83. The van der Waals surface area contributed by atoms with Crippen molar-refractivity contribution < 1.29 is 14.3 Å². The van der Waals surface area contributed by atoms with Gasteiger partial charge in [-0.05, 0) is 25.5 Å². The molecule has 1 aliphatic heterocycles. The summed E-state index contributed by atoms with van der Waals surface area (Å²) >= 11 is 0. The second-order valence-electron chi connectivity index (χ2n) is 5.75. The molecule has 0 saturated heterocycles. The maximum atomic E-state index is 12.0. The highest BCUT2D eigenvalue weighted by molar-refractivity contribution is 5.93. The van der Waals surface area contributed by atoms with Crippen LogP contribution in [0, 0.1) is 0 Å². The molecule has 1 amide bonds. The van der Waals surface area contributed by atoms with Crippen molar-refractivity contribution in [2.24, 2.45) is 0 Å². The maximum absolute atomic E-state index is 12.0. The summed E-state index contributed by atoms with van der Waals surface area (Å²) in [5.41, 5.74) is 2.82. The maximum Gasteiger partial charge on any atom is 0.306 e. The molecule has 0 unspecified atom stereocenters. The Labute approximate surface area is 140 Å². The summed E-state index contributed by atoms with van der Waals surface area (Å²) < 4.78 is 7.05. The number of aromatic nitrogens is 2. The largest absolute Gasteiger partial charge is 0.466 e. The Bertz CT molecular complexity index is 752. The topological polar surface area (TPSA) is 73.2 Å². The molecule has 6 heteroatoms. The van der Waals surface area contributed by atoms with E-state index < -0.39 is 0 Å². The zero-order valence-corrected chi connectivity index (χ0v) is 13.7. The molecule has 1 aromatic heterocycles. The first-order valence-electron chi connectivity index (χ1n) is 8.27. The van der Waals surface area contributed by atoms with E-state index in [1.807, 2.05) is 30.5 Å². The fourth-order valence-corrected chi connectivity index (χ4v) is 2.92. The van der Waals surface area contributed by atoms with Crippen molar-refractivity contribution in [3.63, 3.8) is 0 Å². The highest BCUT2D eigenvalue weighted by Crippen LogP contribution is 2.27. The van der Waals surface area contributed by atoms with Gasteiger partial charge in [0.2, 0.25) is 5.91 Å². The summed E-state index contributed by atoms with van der Waals surface area (Å²) in [6.45, 7) is 3.07. The zero-order chi connectivity index (χ0) is 16.9. The Morgan fingerprint density at radius 2 is 2.21 bits per heavy atom. The first-order valence-corrected chi connectivity index (χ1v) is 8.27. The standard InChI is InChI=1S/C18H21N3O3/c1-2-24-18(23)9-8-17(22)20-14-6-3-5-13(11-14)15-12-19-16-7-4-10-21(15)16/h3,5-6,11-12H,2,4,7-10H2,1H3,(H,20,22). The smallest absolute Gasteiger partial charge is 0.306 e. The van der Waals surface area contributed by atoms with Gasteiger partial charge in [0.25, 0.3) is 0 Å². The van der Waals surface area contributed by atoms with Gasteiger partial charge >= 0.3 is 5.97 Å². The van der Waals surface area contributed by atoms with Gasteiger partial charge in [-0.2, -0.15) is 0 Å². The van der Waals surface area contributed by atoms with Crippen LogP contribution in [0.15, 0.2) is 30.5 Å². The number of imidazole rings is 1. The van der Waals surface area contributed by atoms with Crippen LogP contribution in [0.2, 0.25) is 0 Å². The van der Waals surface area contributed by atoms with Crippen molar-refractivity contribution in [1.29, 1.82) is 0 Å². The molecule has 2 aromatic rings. The van der Waals surface area contributed by atoms with E-state index in [1.54, 1.807) is 6.92 Å². The molecule has 0 saturated carbocycles. The van der Waals surface area contributed by atoms with Crippen LogP contribution in [0.25, 0.3) is 11.3 Å². The molecule has 24 heavy (non-hydrogen) atoms. The third-order valence-corrected chi connectivity index (χ3v) is 4.02. The molecular weight excluding hydrogens is 306 g/mol. The van der Waals surface area contributed by atoms with Crippen LogP contribution in [-0.4, -0.2) is 28.0 Å². The highest BCUT2D eigenvalue weighted by Gasteiger charge is 2.16. The summed E-state index contributed by atoms with van der Waals surface area (Å²) in [4.78, 5) is 27.7. The van der Waals surface area contributed by atoms with Crippen LogP contribution < -0.4 is 5.32 Å². The van der Waals surface area contributed by atoms with Crippen molar-refractivity contribution in [3.05, 3.63) is 36.3 Å². The van der Waals surface area contributed by atoms with Gasteiger partial charge in [-0.15, -0.1) is 0 Å². The Morgan fingerprint density at radius 1 is 1.33 bits per heavy atom. The van der Waals surface area contributed by atoms with Gasteiger partial charge in [0, 0.05) is 30.6 Å². The number of carbonyl (C=O) groups is 2. The normalized spacial score (nSPS) is 12.7. The molecule has 6 nitrogen and oxygen atoms in total. The number of aryl methyl sites for hydroxylation is 1. The predicted molar refractivity (Wildman–Crippen MR) is 90.5 cm³/mol. The number of hydrogen-bond acceptors (Lipinski definition) is 4. The molecule has 0 bridgehead atoms. The SMILES string of the molecule is CCOC(=O)CCC(=O)Nc1cccc(-c2cnc3n2CCC3)c1. The number of anilines is 1. The van der Waals surface area contributed by atoms with E-state index in [4.69, 9.17) is 4.74 Å². The van der Waals surface area contributed by atoms with Gasteiger partial charge in [0.15, 0.2) is 0 Å². The minimum Gasteiger partial charge on any atom is -0.466 e. The van der Waals surface area contributed by atoms with Crippen LogP contribution >= 0.6 is 0 Å². The molecule has 1 aliphatic rings. The molecule has 0 spiro atoms. The number of benzene rings is 1. The monoisotopic (exact) mass is 327 g/mol. The van der Waals surface area contributed by atoms with E-state index in [1.165, 1.54) is 0 Å². The van der Waals surface area contributed by atoms with Crippen molar-refractivity contribution in [2.45, 2.75) is 39.2 Å². The fraction of sp³-hybridized carbons (Fsp3) is 0.389. The third kappa shape index (κ3) is 3.64. The Kier molecular flexibility index (Phi) is 4.93. The molecule has 0 atom stereocenters. The lowest BCUT2D eigenvalue weighted by Gasteiger charge is -2.09. The molecule has 0 aliphatic carbocycles. The molecule has 2 heterocycles. The summed E-state index contributed by atoms with van der Waals surface area (Å²) in [6, 6.07) is 7.69. The fourth-order valence-electron chi connectivity index (χ4n) is 2.92. The number of amides is 1. The lowest BCUT2D eigenvalue weighted by Crippen LogP contribution is -2.14. The lowest BCUT2D eigenvalue weighted by molar-refractivity contribution is -0.144. The minimum atomic E-state index is -0.351. The average molecular weight is 327 g/mol.